The van der Waals surface area contributed by atoms with E-state index in [4.69, 9.17) is 10.2 Å². The van der Waals surface area contributed by atoms with Gasteiger partial charge in [-0.05, 0) is 19.4 Å². The second-order valence-corrected chi connectivity index (χ2v) is 3.67. The van der Waals surface area contributed by atoms with Gasteiger partial charge in [0.15, 0.2) is 0 Å². The Bertz CT molecular complexity index is 248. The van der Waals surface area contributed by atoms with E-state index >= 15 is 0 Å². The van der Waals surface area contributed by atoms with Gasteiger partial charge < -0.3 is 20.8 Å². The van der Waals surface area contributed by atoms with E-state index in [1.54, 1.807) is 0 Å². The maximum atomic E-state index is 11.3. The molecule has 0 bridgehead atoms. The Labute approximate surface area is 87.7 Å². The van der Waals surface area contributed by atoms with Crippen LogP contribution in [-0.2, 0) is 9.59 Å². The highest BCUT2D eigenvalue weighted by Gasteiger charge is 2.42. The quantitative estimate of drug-likeness (QED) is 0.457. The van der Waals surface area contributed by atoms with Crippen LogP contribution in [0, 0.1) is 0 Å². The number of amides is 1. The lowest BCUT2D eigenvalue weighted by Gasteiger charge is -2.23. The molecule has 0 aliphatic carbocycles. The number of carboxylic acid groups (broad SMARTS) is 1. The fourth-order valence-electron chi connectivity index (χ4n) is 1.75. The Balaban J connectivity index is 2.52. The average Bonchev–Trinajstić information content (AvgIpc) is 2.64. The molecule has 1 unspecified atom stereocenters. The van der Waals surface area contributed by atoms with E-state index < -0.39 is 11.5 Å². The third-order valence-electron chi connectivity index (χ3n) is 2.55. The summed E-state index contributed by atoms with van der Waals surface area (Å²) in [6, 6.07) is 0. The molecule has 1 aliphatic heterocycles. The molecule has 0 spiro atoms. The van der Waals surface area contributed by atoms with Crippen molar-refractivity contribution in [2.45, 2.75) is 24.8 Å². The Kier molecular flexibility index (Phi) is 4.05. The fourth-order valence-corrected chi connectivity index (χ4v) is 1.75. The third kappa shape index (κ3) is 2.90. The van der Waals surface area contributed by atoms with E-state index in [1.165, 1.54) is 0 Å². The number of rotatable bonds is 5. The van der Waals surface area contributed by atoms with Gasteiger partial charge in [0.05, 0.1) is 13.0 Å². The van der Waals surface area contributed by atoms with Crippen molar-refractivity contribution < 1.29 is 19.8 Å². The minimum Gasteiger partial charge on any atom is -0.480 e. The van der Waals surface area contributed by atoms with Gasteiger partial charge in [-0.2, -0.15) is 0 Å². The smallest absolute Gasteiger partial charge is 0.324 e. The number of carboxylic acids is 1. The highest BCUT2D eigenvalue weighted by atomic mass is 16.4. The summed E-state index contributed by atoms with van der Waals surface area (Å²) in [4.78, 5) is 22.4. The maximum Gasteiger partial charge on any atom is 0.324 e. The number of nitrogens with one attached hydrogen (secondary N) is 2. The van der Waals surface area contributed by atoms with Gasteiger partial charge in [-0.25, -0.2) is 0 Å². The standard InChI is InChI=1S/C9H16N2O4/c12-5-4-10-7(13)6-9(8(14)15)2-1-3-11-9/h11-12H,1-6H2,(H,10,13)(H,14,15). The van der Waals surface area contributed by atoms with Crippen molar-refractivity contribution >= 4 is 11.9 Å². The summed E-state index contributed by atoms with van der Waals surface area (Å²) in [5, 5.41) is 22.8. The summed E-state index contributed by atoms with van der Waals surface area (Å²) in [6.07, 6.45) is 1.15. The van der Waals surface area contributed by atoms with Crippen LogP contribution in [0.15, 0.2) is 0 Å². The monoisotopic (exact) mass is 216 g/mol. The predicted octanol–water partition coefficient (Wildman–Crippen LogP) is -1.31. The van der Waals surface area contributed by atoms with Crippen LogP contribution >= 0.6 is 0 Å². The fraction of sp³-hybridized carbons (Fsp3) is 0.778. The van der Waals surface area contributed by atoms with Crippen LogP contribution < -0.4 is 10.6 Å². The van der Waals surface area contributed by atoms with Crippen molar-refractivity contribution in [1.29, 1.82) is 0 Å². The summed E-state index contributed by atoms with van der Waals surface area (Å²) < 4.78 is 0. The Morgan fingerprint density at radius 2 is 2.20 bits per heavy atom. The molecule has 1 saturated heterocycles. The van der Waals surface area contributed by atoms with Gasteiger partial charge in [0, 0.05) is 6.54 Å². The van der Waals surface area contributed by atoms with Gasteiger partial charge in [-0.1, -0.05) is 0 Å². The van der Waals surface area contributed by atoms with Crippen LogP contribution in [0.4, 0.5) is 0 Å². The van der Waals surface area contributed by atoms with E-state index in [0.29, 0.717) is 13.0 Å². The number of hydrogen-bond donors (Lipinski definition) is 4. The van der Waals surface area contributed by atoms with Crippen molar-refractivity contribution in [3.63, 3.8) is 0 Å². The molecule has 1 amide bonds. The minimum atomic E-state index is -1.11. The topological polar surface area (TPSA) is 98.7 Å². The molecule has 1 aliphatic rings. The summed E-state index contributed by atoms with van der Waals surface area (Å²) in [5.41, 5.74) is -1.11. The molecule has 1 heterocycles. The molecule has 0 aromatic carbocycles. The molecule has 4 N–H and O–H groups in total. The molecule has 6 heteroatoms. The van der Waals surface area contributed by atoms with Crippen LogP contribution in [0.5, 0.6) is 0 Å². The molecular weight excluding hydrogens is 200 g/mol. The number of carbonyl (C=O) groups is 2. The highest BCUT2D eigenvalue weighted by Crippen LogP contribution is 2.23. The zero-order valence-corrected chi connectivity index (χ0v) is 8.45. The van der Waals surface area contributed by atoms with E-state index in [9.17, 15) is 9.59 Å². The van der Waals surface area contributed by atoms with Crippen LogP contribution in [0.25, 0.3) is 0 Å². The second-order valence-electron chi connectivity index (χ2n) is 3.67. The number of aliphatic hydroxyl groups is 1. The lowest BCUT2D eigenvalue weighted by Crippen LogP contribution is -2.51. The molecular formula is C9H16N2O4. The molecule has 0 aromatic rings. The summed E-state index contributed by atoms with van der Waals surface area (Å²) in [6.45, 7) is 0.646. The molecule has 86 valence electrons. The zero-order valence-electron chi connectivity index (χ0n) is 8.45. The Morgan fingerprint density at radius 1 is 1.47 bits per heavy atom. The van der Waals surface area contributed by atoms with Crippen molar-refractivity contribution in [2.75, 3.05) is 19.7 Å². The molecule has 1 fully saturated rings. The van der Waals surface area contributed by atoms with Gasteiger partial charge in [-0.3, -0.25) is 9.59 Å². The van der Waals surface area contributed by atoms with Crippen LogP contribution in [0.2, 0.25) is 0 Å². The molecule has 1 atom stereocenters. The summed E-state index contributed by atoms with van der Waals surface area (Å²) in [7, 11) is 0. The first-order valence-electron chi connectivity index (χ1n) is 4.97. The number of carbonyl (C=O) groups excluding carboxylic acids is 1. The highest BCUT2D eigenvalue weighted by molar-refractivity contribution is 5.88. The third-order valence-corrected chi connectivity index (χ3v) is 2.55. The van der Waals surface area contributed by atoms with E-state index in [1.807, 2.05) is 0 Å². The van der Waals surface area contributed by atoms with E-state index in [-0.39, 0.29) is 25.5 Å². The Morgan fingerprint density at radius 3 is 2.67 bits per heavy atom. The molecule has 0 saturated carbocycles. The van der Waals surface area contributed by atoms with Gasteiger partial charge in [0.1, 0.15) is 5.54 Å². The van der Waals surface area contributed by atoms with Gasteiger partial charge in [-0.15, -0.1) is 0 Å². The van der Waals surface area contributed by atoms with Crippen molar-refractivity contribution in [1.82, 2.24) is 10.6 Å². The first-order chi connectivity index (χ1) is 7.10. The summed E-state index contributed by atoms with van der Waals surface area (Å²) in [5.74, 6) is -1.33. The number of hydrogen-bond acceptors (Lipinski definition) is 4. The predicted molar refractivity (Wildman–Crippen MR) is 52.3 cm³/mol. The number of aliphatic carboxylic acids is 1. The molecule has 15 heavy (non-hydrogen) atoms. The van der Waals surface area contributed by atoms with Crippen LogP contribution in [0.3, 0.4) is 0 Å². The van der Waals surface area contributed by atoms with E-state index in [2.05, 4.69) is 10.6 Å². The Hall–Kier alpha value is -1.14. The second kappa shape index (κ2) is 5.09. The first-order valence-corrected chi connectivity index (χ1v) is 4.97. The van der Waals surface area contributed by atoms with Crippen LogP contribution in [-0.4, -0.2) is 47.3 Å². The van der Waals surface area contributed by atoms with Crippen molar-refractivity contribution in [3.05, 3.63) is 0 Å². The zero-order chi connectivity index (χ0) is 11.3. The largest absolute Gasteiger partial charge is 0.480 e. The average molecular weight is 216 g/mol. The SMILES string of the molecule is O=C(CC1(C(=O)O)CCCN1)NCCO. The van der Waals surface area contributed by atoms with E-state index in [0.717, 1.165) is 6.42 Å². The first kappa shape index (κ1) is 11.9. The van der Waals surface area contributed by atoms with Gasteiger partial charge in [0.2, 0.25) is 5.91 Å². The van der Waals surface area contributed by atoms with Crippen molar-refractivity contribution in [2.24, 2.45) is 0 Å². The van der Waals surface area contributed by atoms with Crippen LogP contribution in [0.1, 0.15) is 19.3 Å². The van der Waals surface area contributed by atoms with Gasteiger partial charge >= 0.3 is 5.97 Å². The molecule has 1 rings (SSSR count). The molecule has 6 nitrogen and oxygen atoms in total. The molecule has 0 aromatic heterocycles. The lowest BCUT2D eigenvalue weighted by atomic mass is 9.93. The van der Waals surface area contributed by atoms with Crippen molar-refractivity contribution in [3.8, 4) is 0 Å². The van der Waals surface area contributed by atoms with Gasteiger partial charge in [0.25, 0.3) is 0 Å². The maximum absolute atomic E-state index is 11.3. The lowest BCUT2D eigenvalue weighted by molar-refractivity contribution is -0.146. The normalized spacial score (nSPS) is 25.1. The number of aliphatic hydroxyl groups excluding tert-OH is 1. The minimum absolute atomic E-state index is 0.0810. The molecule has 0 radical (unpaired) electrons. The summed E-state index contributed by atoms with van der Waals surface area (Å²) >= 11 is 0.